The van der Waals surface area contributed by atoms with Crippen molar-refractivity contribution in [3.8, 4) is 0 Å². The first kappa shape index (κ1) is 21.4. The molecule has 0 saturated heterocycles. The second-order valence-corrected chi connectivity index (χ2v) is 8.37. The minimum absolute atomic E-state index is 0.0562. The molecule has 3 aromatic rings. The maximum absolute atomic E-state index is 14.0. The van der Waals surface area contributed by atoms with Crippen LogP contribution >= 0.6 is 0 Å². The van der Waals surface area contributed by atoms with Crippen molar-refractivity contribution in [2.24, 2.45) is 0 Å². The van der Waals surface area contributed by atoms with Gasteiger partial charge in [0.2, 0.25) is 10.0 Å². The lowest BCUT2D eigenvalue weighted by molar-refractivity contribution is 0.102. The predicted molar refractivity (Wildman–Crippen MR) is 108 cm³/mol. The van der Waals surface area contributed by atoms with Crippen molar-refractivity contribution >= 4 is 27.3 Å². The Kier molecular flexibility index (Phi) is 6.12. The Balaban J connectivity index is 1.85. The first-order valence-corrected chi connectivity index (χ1v) is 10.6. The van der Waals surface area contributed by atoms with E-state index < -0.39 is 39.1 Å². The summed E-state index contributed by atoms with van der Waals surface area (Å²) in [5, 5.41) is 2.15. The number of para-hydroxylation sites is 1. The van der Waals surface area contributed by atoms with Gasteiger partial charge in [0, 0.05) is 11.1 Å². The van der Waals surface area contributed by atoms with Crippen molar-refractivity contribution in [3.63, 3.8) is 0 Å². The number of amides is 1. The van der Waals surface area contributed by atoms with Crippen LogP contribution in [0.4, 0.5) is 24.5 Å². The molecule has 0 saturated carbocycles. The molecule has 0 aliphatic heterocycles. The van der Waals surface area contributed by atoms with E-state index >= 15 is 0 Å². The molecule has 0 aliphatic rings. The van der Waals surface area contributed by atoms with E-state index in [2.05, 4.69) is 5.32 Å². The van der Waals surface area contributed by atoms with Crippen molar-refractivity contribution in [2.75, 3.05) is 15.9 Å². The summed E-state index contributed by atoms with van der Waals surface area (Å²) in [6.45, 7) is -0.239. The van der Waals surface area contributed by atoms with Crippen LogP contribution in [0.1, 0.15) is 15.9 Å². The van der Waals surface area contributed by atoms with E-state index in [1.165, 1.54) is 48.5 Å². The molecule has 0 unspecified atom stereocenters. The number of rotatable bonds is 6. The first-order valence-electron chi connectivity index (χ1n) is 8.73. The van der Waals surface area contributed by atoms with Gasteiger partial charge in [-0.1, -0.05) is 24.3 Å². The normalized spacial score (nSPS) is 11.2. The summed E-state index contributed by atoms with van der Waals surface area (Å²) >= 11 is 0. The van der Waals surface area contributed by atoms with Crippen LogP contribution < -0.4 is 9.62 Å². The van der Waals surface area contributed by atoms with Gasteiger partial charge in [-0.25, -0.2) is 21.6 Å². The van der Waals surface area contributed by atoms with E-state index in [1.807, 2.05) is 0 Å². The smallest absolute Gasteiger partial charge is 0.255 e. The van der Waals surface area contributed by atoms with E-state index in [1.54, 1.807) is 6.07 Å². The summed E-state index contributed by atoms with van der Waals surface area (Å²) in [5.41, 5.74) is -0.140. The third-order valence-corrected chi connectivity index (χ3v) is 5.43. The van der Waals surface area contributed by atoms with E-state index in [9.17, 15) is 26.4 Å². The van der Waals surface area contributed by atoms with Crippen LogP contribution in [0.15, 0.2) is 66.7 Å². The molecule has 0 bridgehead atoms. The zero-order valence-electron chi connectivity index (χ0n) is 15.8. The zero-order chi connectivity index (χ0) is 21.9. The van der Waals surface area contributed by atoms with Crippen LogP contribution in [0.25, 0.3) is 0 Å². The van der Waals surface area contributed by atoms with Crippen LogP contribution in [0.3, 0.4) is 0 Å². The fraction of sp³-hybridized carbons (Fsp3) is 0.0952. The number of benzene rings is 3. The van der Waals surface area contributed by atoms with E-state index in [0.717, 1.165) is 22.7 Å². The van der Waals surface area contributed by atoms with Crippen molar-refractivity contribution < 1.29 is 26.4 Å². The Morgan fingerprint density at radius 2 is 1.43 bits per heavy atom. The number of carbonyl (C=O) groups is 1. The van der Waals surface area contributed by atoms with E-state index in [4.69, 9.17) is 0 Å². The Hall–Kier alpha value is -3.33. The molecule has 3 aromatic carbocycles. The van der Waals surface area contributed by atoms with E-state index in [-0.39, 0.29) is 23.4 Å². The highest BCUT2D eigenvalue weighted by Crippen LogP contribution is 2.23. The van der Waals surface area contributed by atoms with Crippen molar-refractivity contribution in [1.29, 1.82) is 0 Å². The maximum atomic E-state index is 14.0. The molecule has 5 nitrogen and oxygen atoms in total. The Labute approximate surface area is 171 Å². The third kappa shape index (κ3) is 4.80. The molecule has 0 aliphatic carbocycles. The van der Waals surface area contributed by atoms with Crippen LogP contribution in [0.5, 0.6) is 0 Å². The number of nitrogens with zero attached hydrogens (tertiary/aromatic N) is 1. The average Bonchev–Trinajstić information content (AvgIpc) is 2.69. The fourth-order valence-corrected chi connectivity index (χ4v) is 3.64. The molecule has 0 radical (unpaired) electrons. The summed E-state index contributed by atoms with van der Waals surface area (Å²) in [5.74, 6) is -3.17. The number of halogens is 3. The number of nitrogens with one attached hydrogen (secondary N) is 1. The molecule has 0 atom stereocenters. The summed E-state index contributed by atoms with van der Waals surface area (Å²) in [6, 6.07) is 14.3. The lowest BCUT2D eigenvalue weighted by atomic mass is 10.1. The van der Waals surface area contributed by atoms with Gasteiger partial charge < -0.3 is 5.32 Å². The minimum Gasteiger partial charge on any atom is -0.317 e. The van der Waals surface area contributed by atoms with Crippen LogP contribution in [0.2, 0.25) is 0 Å². The topological polar surface area (TPSA) is 66.5 Å². The van der Waals surface area contributed by atoms with Crippen molar-refractivity contribution in [1.82, 2.24) is 0 Å². The molecule has 1 N–H and O–H groups in total. The number of anilines is 2. The van der Waals surface area contributed by atoms with Crippen LogP contribution in [0, 0.1) is 17.5 Å². The quantitative estimate of drug-likeness (QED) is 0.628. The van der Waals surface area contributed by atoms with Gasteiger partial charge in [0.05, 0.1) is 18.5 Å². The highest BCUT2D eigenvalue weighted by molar-refractivity contribution is 7.92. The number of hydrogen-bond donors (Lipinski definition) is 1. The van der Waals surface area contributed by atoms with Gasteiger partial charge in [0.1, 0.15) is 23.1 Å². The third-order valence-electron chi connectivity index (χ3n) is 4.29. The molecule has 3 rings (SSSR count). The Morgan fingerprint density at radius 1 is 0.867 bits per heavy atom. The maximum Gasteiger partial charge on any atom is 0.255 e. The standard InChI is InChI=1S/C21H17F3N2O3S/c1-30(28,29)26(13-15-5-2-3-6-17(15)22)16-11-9-14(10-12-16)21(27)25-20-18(23)7-4-8-19(20)24/h2-12H,13H2,1H3,(H,25,27). The molecule has 9 heteroatoms. The summed E-state index contributed by atoms with van der Waals surface area (Å²) in [7, 11) is -3.76. The largest absolute Gasteiger partial charge is 0.317 e. The Morgan fingerprint density at radius 3 is 2.00 bits per heavy atom. The molecular formula is C21H17F3N2O3S. The van der Waals surface area contributed by atoms with Crippen molar-refractivity contribution in [2.45, 2.75) is 6.54 Å². The number of hydrogen-bond acceptors (Lipinski definition) is 3. The highest BCUT2D eigenvalue weighted by Gasteiger charge is 2.20. The number of sulfonamides is 1. The van der Waals surface area contributed by atoms with Crippen LogP contribution in [-0.2, 0) is 16.6 Å². The molecule has 0 aromatic heterocycles. The second kappa shape index (κ2) is 8.58. The van der Waals surface area contributed by atoms with Gasteiger partial charge >= 0.3 is 0 Å². The molecule has 0 heterocycles. The minimum atomic E-state index is -3.76. The Bertz CT molecular complexity index is 1160. The summed E-state index contributed by atoms with van der Waals surface area (Å²) < 4.78 is 66.8. The molecule has 0 fully saturated rings. The van der Waals surface area contributed by atoms with E-state index in [0.29, 0.717) is 0 Å². The lowest BCUT2D eigenvalue weighted by Crippen LogP contribution is -2.29. The van der Waals surface area contributed by atoms with Crippen LogP contribution in [-0.4, -0.2) is 20.6 Å². The number of carbonyl (C=O) groups excluding carboxylic acids is 1. The molecule has 30 heavy (non-hydrogen) atoms. The SMILES string of the molecule is CS(=O)(=O)N(Cc1ccccc1F)c1ccc(C(=O)Nc2c(F)cccc2F)cc1. The molecule has 1 amide bonds. The van der Waals surface area contributed by atoms with Gasteiger partial charge in [-0.05, 0) is 42.5 Å². The fourth-order valence-electron chi connectivity index (χ4n) is 2.76. The van der Waals surface area contributed by atoms with Crippen molar-refractivity contribution in [3.05, 3.63) is 95.3 Å². The first-order chi connectivity index (χ1) is 14.2. The van der Waals surface area contributed by atoms with Gasteiger partial charge in [0.25, 0.3) is 5.91 Å². The second-order valence-electron chi connectivity index (χ2n) is 6.46. The van der Waals surface area contributed by atoms with Gasteiger partial charge in [0.15, 0.2) is 0 Å². The molecule has 156 valence electrons. The zero-order valence-corrected chi connectivity index (χ0v) is 16.6. The average molecular weight is 434 g/mol. The van der Waals surface area contributed by atoms with Gasteiger partial charge in [-0.2, -0.15) is 0 Å². The van der Waals surface area contributed by atoms with Gasteiger partial charge in [-0.3, -0.25) is 9.10 Å². The van der Waals surface area contributed by atoms with Gasteiger partial charge in [-0.15, -0.1) is 0 Å². The predicted octanol–water partition coefficient (Wildman–Crippen LogP) is 4.32. The molecular weight excluding hydrogens is 417 g/mol. The molecule has 0 spiro atoms. The summed E-state index contributed by atoms with van der Waals surface area (Å²) in [6.07, 6.45) is 0.982. The lowest BCUT2D eigenvalue weighted by Gasteiger charge is -2.23. The summed E-state index contributed by atoms with van der Waals surface area (Å²) in [4.78, 5) is 12.3. The highest BCUT2D eigenvalue weighted by atomic mass is 32.2. The monoisotopic (exact) mass is 434 g/mol.